The zero-order chi connectivity index (χ0) is 16.2. The Morgan fingerprint density at radius 3 is 2.83 bits per heavy atom. The van der Waals surface area contributed by atoms with Gasteiger partial charge in [0.15, 0.2) is 17.3 Å². The largest absolute Gasteiger partial charge is 0.493 e. The Kier molecular flexibility index (Phi) is 4.78. The Morgan fingerprint density at radius 2 is 2.13 bits per heavy atom. The van der Waals surface area contributed by atoms with Crippen molar-refractivity contribution in [1.82, 2.24) is 15.0 Å². The molecule has 0 radical (unpaired) electrons. The van der Waals surface area contributed by atoms with E-state index in [4.69, 9.17) is 19.7 Å². The minimum atomic E-state index is 0.270. The molecule has 0 spiro atoms. The molecule has 1 unspecified atom stereocenters. The second kappa shape index (κ2) is 6.97. The first-order chi connectivity index (χ1) is 11.2. The Hall–Kier alpha value is -2.12. The van der Waals surface area contributed by atoms with E-state index in [0.29, 0.717) is 24.3 Å². The fourth-order valence-corrected chi connectivity index (χ4v) is 3.07. The van der Waals surface area contributed by atoms with E-state index in [-0.39, 0.29) is 6.54 Å². The molecule has 23 heavy (non-hydrogen) atoms. The predicted molar refractivity (Wildman–Crippen MR) is 84.1 cm³/mol. The maximum absolute atomic E-state index is 5.51. The molecular weight excluding hydrogens is 296 g/mol. The molecule has 0 aliphatic carbocycles. The van der Waals surface area contributed by atoms with Crippen LogP contribution < -0.4 is 15.2 Å². The number of methoxy groups -OCH3 is 2. The smallest absolute Gasteiger partial charge is 0.240 e. The first kappa shape index (κ1) is 15.8. The van der Waals surface area contributed by atoms with Crippen LogP contribution in [-0.4, -0.2) is 35.8 Å². The lowest BCUT2D eigenvalue weighted by Gasteiger charge is -2.24. The number of nitrogens with two attached hydrogens (primary N) is 1. The van der Waals surface area contributed by atoms with Crippen molar-refractivity contribution in [1.29, 1.82) is 0 Å². The molecule has 0 amide bonds. The van der Waals surface area contributed by atoms with Gasteiger partial charge in [-0.3, -0.25) is 4.90 Å². The van der Waals surface area contributed by atoms with Crippen LogP contribution in [0.4, 0.5) is 0 Å². The highest BCUT2D eigenvalue weighted by molar-refractivity contribution is 5.44. The molecule has 2 heterocycles. The summed E-state index contributed by atoms with van der Waals surface area (Å²) < 4.78 is 15.8. The van der Waals surface area contributed by atoms with Crippen LogP contribution in [-0.2, 0) is 13.1 Å². The normalized spacial score (nSPS) is 18.3. The van der Waals surface area contributed by atoms with Gasteiger partial charge in [0.25, 0.3) is 0 Å². The summed E-state index contributed by atoms with van der Waals surface area (Å²) in [6.45, 7) is 1.93. The van der Waals surface area contributed by atoms with Gasteiger partial charge < -0.3 is 19.7 Å². The van der Waals surface area contributed by atoms with Crippen molar-refractivity contribution < 1.29 is 14.0 Å². The molecule has 2 aromatic rings. The number of hydrogen-bond donors (Lipinski definition) is 1. The van der Waals surface area contributed by atoms with Gasteiger partial charge in [-0.2, -0.15) is 4.98 Å². The van der Waals surface area contributed by atoms with Gasteiger partial charge >= 0.3 is 0 Å². The Bertz CT molecular complexity index is 659. The van der Waals surface area contributed by atoms with Gasteiger partial charge in [-0.1, -0.05) is 11.2 Å². The summed E-state index contributed by atoms with van der Waals surface area (Å²) >= 11 is 0. The summed E-state index contributed by atoms with van der Waals surface area (Å²) in [5.74, 6) is 2.65. The summed E-state index contributed by atoms with van der Waals surface area (Å²) in [5, 5.41) is 3.99. The van der Waals surface area contributed by atoms with Crippen LogP contribution in [0.15, 0.2) is 22.7 Å². The summed E-state index contributed by atoms with van der Waals surface area (Å²) in [7, 11) is 3.30. The molecule has 1 atom stereocenters. The van der Waals surface area contributed by atoms with Crippen LogP contribution in [0, 0.1) is 0 Å². The number of rotatable bonds is 6. The SMILES string of the molecule is COc1ccc(C2CCCN2Cc2noc(CN)n2)cc1OC. The molecule has 2 N–H and O–H groups in total. The van der Waals surface area contributed by atoms with Crippen molar-refractivity contribution in [2.75, 3.05) is 20.8 Å². The van der Waals surface area contributed by atoms with Gasteiger partial charge in [-0.25, -0.2) is 0 Å². The van der Waals surface area contributed by atoms with Gasteiger partial charge in [0.1, 0.15) is 0 Å². The maximum atomic E-state index is 5.51. The summed E-state index contributed by atoms with van der Waals surface area (Å²) in [6.07, 6.45) is 2.23. The highest BCUT2D eigenvalue weighted by Crippen LogP contribution is 2.37. The van der Waals surface area contributed by atoms with Gasteiger partial charge in [0.05, 0.1) is 27.3 Å². The molecule has 7 nitrogen and oxygen atoms in total. The van der Waals surface area contributed by atoms with Crippen molar-refractivity contribution in [3.8, 4) is 11.5 Å². The van der Waals surface area contributed by atoms with E-state index in [0.717, 1.165) is 30.9 Å². The van der Waals surface area contributed by atoms with Crippen LogP contribution in [0.3, 0.4) is 0 Å². The lowest BCUT2D eigenvalue weighted by atomic mass is 10.0. The average Bonchev–Trinajstić information content (AvgIpc) is 3.23. The molecule has 1 aromatic heterocycles. The third kappa shape index (κ3) is 3.30. The van der Waals surface area contributed by atoms with Crippen molar-refractivity contribution in [3.63, 3.8) is 0 Å². The lowest BCUT2D eigenvalue weighted by Crippen LogP contribution is -2.23. The van der Waals surface area contributed by atoms with Gasteiger partial charge in [-0.15, -0.1) is 0 Å². The molecule has 0 saturated carbocycles. The average molecular weight is 318 g/mol. The third-order valence-corrected chi connectivity index (χ3v) is 4.19. The quantitative estimate of drug-likeness (QED) is 0.870. The Morgan fingerprint density at radius 1 is 1.30 bits per heavy atom. The van der Waals surface area contributed by atoms with E-state index < -0.39 is 0 Å². The number of nitrogens with zero attached hydrogens (tertiary/aromatic N) is 3. The fourth-order valence-electron chi connectivity index (χ4n) is 3.07. The molecule has 1 aromatic carbocycles. The predicted octanol–water partition coefficient (Wildman–Crippen LogP) is 1.88. The van der Waals surface area contributed by atoms with Crippen LogP contribution >= 0.6 is 0 Å². The molecule has 0 bridgehead atoms. The van der Waals surface area contributed by atoms with E-state index in [1.807, 2.05) is 12.1 Å². The van der Waals surface area contributed by atoms with Gasteiger partial charge in [0, 0.05) is 6.04 Å². The van der Waals surface area contributed by atoms with Crippen LogP contribution in [0.5, 0.6) is 11.5 Å². The van der Waals surface area contributed by atoms with Crippen molar-refractivity contribution in [2.45, 2.75) is 32.0 Å². The molecule has 124 valence electrons. The number of ether oxygens (including phenoxy) is 2. The standard InChI is InChI=1S/C16H22N4O3/c1-21-13-6-5-11(8-14(13)22-2)12-4-3-7-20(12)10-15-18-16(9-17)23-19-15/h5-6,8,12H,3-4,7,9-10,17H2,1-2H3. The minimum absolute atomic E-state index is 0.270. The highest BCUT2D eigenvalue weighted by Gasteiger charge is 2.28. The molecule has 1 saturated heterocycles. The van der Waals surface area contributed by atoms with E-state index in [1.165, 1.54) is 5.56 Å². The van der Waals surface area contributed by atoms with Crippen molar-refractivity contribution in [2.24, 2.45) is 5.73 Å². The Balaban J connectivity index is 1.78. The summed E-state index contributed by atoms with van der Waals surface area (Å²) in [6, 6.07) is 6.40. The van der Waals surface area contributed by atoms with Crippen LogP contribution in [0.1, 0.15) is 36.2 Å². The van der Waals surface area contributed by atoms with Crippen LogP contribution in [0.25, 0.3) is 0 Å². The lowest BCUT2D eigenvalue weighted by molar-refractivity contribution is 0.237. The molecule has 3 rings (SSSR count). The second-order valence-electron chi connectivity index (χ2n) is 5.55. The number of benzene rings is 1. The van der Waals surface area contributed by atoms with E-state index in [9.17, 15) is 0 Å². The van der Waals surface area contributed by atoms with E-state index in [1.54, 1.807) is 14.2 Å². The molecule has 7 heteroatoms. The monoisotopic (exact) mass is 318 g/mol. The minimum Gasteiger partial charge on any atom is -0.493 e. The van der Waals surface area contributed by atoms with Crippen molar-refractivity contribution >= 4 is 0 Å². The molecular formula is C16H22N4O3. The zero-order valence-electron chi connectivity index (χ0n) is 13.5. The highest BCUT2D eigenvalue weighted by atomic mass is 16.5. The number of hydrogen-bond acceptors (Lipinski definition) is 7. The van der Waals surface area contributed by atoms with Gasteiger partial charge in [0.2, 0.25) is 5.89 Å². The summed E-state index contributed by atoms with van der Waals surface area (Å²) in [4.78, 5) is 6.65. The fraction of sp³-hybridized carbons (Fsp3) is 0.500. The van der Waals surface area contributed by atoms with Crippen molar-refractivity contribution in [3.05, 3.63) is 35.5 Å². The molecule has 1 fully saturated rings. The maximum Gasteiger partial charge on any atom is 0.240 e. The topological polar surface area (TPSA) is 86.6 Å². The first-order valence-corrected chi connectivity index (χ1v) is 7.72. The van der Waals surface area contributed by atoms with Gasteiger partial charge in [-0.05, 0) is 37.1 Å². The van der Waals surface area contributed by atoms with E-state index in [2.05, 4.69) is 21.1 Å². The number of likely N-dealkylation sites (tertiary alicyclic amines) is 1. The first-order valence-electron chi connectivity index (χ1n) is 7.72. The summed E-state index contributed by atoms with van der Waals surface area (Å²) in [5.41, 5.74) is 6.72. The third-order valence-electron chi connectivity index (χ3n) is 4.19. The molecule has 1 aliphatic rings. The van der Waals surface area contributed by atoms with Crippen LogP contribution in [0.2, 0.25) is 0 Å². The Labute approximate surface area is 135 Å². The second-order valence-corrected chi connectivity index (χ2v) is 5.55. The number of aromatic nitrogens is 2. The zero-order valence-corrected chi connectivity index (χ0v) is 13.5. The molecule has 1 aliphatic heterocycles. The van der Waals surface area contributed by atoms with E-state index >= 15 is 0 Å².